The van der Waals surface area contributed by atoms with Gasteiger partial charge in [0.15, 0.2) is 11.5 Å². The van der Waals surface area contributed by atoms with Crippen molar-refractivity contribution in [2.75, 3.05) is 36.2 Å². The van der Waals surface area contributed by atoms with E-state index in [0.717, 1.165) is 10.6 Å². The molecule has 0 bridgehead atoms. The molecule has 13 heteroatoms. The quantitative estimate of drug-likeness (QED) is 0.504. The lowest BCUT2D eigenvalue weighted by molar-refractivity contribution is -0.116. The van der Waals surface area contributed by atoms with Crippen molar-refractivity contribution in [3.8, 4) is 17.2 Å². The Morgan fingerprint density at radius 3 is 2.26 bits per heavy atom. The molecule has 0 aliphatic carbocycles. The molecule has 1 aliphatic rings. The van der Waals surface area contributed by atoms with Gasteiger partial charge in [0.05, 0.1) is 29.6 Å². The van der Waals surface area contributed by atoms with Crippen LogP contribution in [0.15, 0.2) is 41.3 Å². The average Bonchev–Trinajstić information content (AvgIpc) is 2.77. The summed E-state index contributed by atoms with van der Waals surface area (Å²) in [6, 6.07) is 7.05. The highest BCUT2D eigenvalue weighted by Crippen LogP contribution is 2.36. The van der Waals surface area contributed by atoms with Gasteiger partial charge in [0.25, 0.3) is 0 Å². The Hall–Kier alpha value is -3.03. The van der Waals surface area contributed by atoms with Gasteiger partial charge in [-0.05, 0) is 51.1 Å². The maximum absolute atomic E-state index is 13.2. The molecule has 1 heterocycles. The standard InChI is InChI=1S/C22H29N3O8S2/c1-14(2)24-35(29,30)17-7-9-19(31-4)18(13-17)23-22(26)15(3)25(34(5,27)28)16-6-8-20-21(12-16)33-11-10-32-20/h6-9,12-15,24H,10-11H2,1-5H3,(H,23,26)/t15-/m0/s1. The number of amides is 1. The van der Waals surface area contributed by atoms with Crippen molar-refractivity contribution < 1.29 is 35.8 Å². The molecule has 2 N–H and O–H groups in total. The van der Waals surface area contributed by atoms with E-state index in [4.69, 9.17) is 14.2 Å². The first-order chi connectivity index (χ1) is 16.3. The lowest BCUT2D eigenvalue weighted by atomic mass is 10.2. The van der Waals surface area contributed by atoms with Gasteiger partial charge in [0, 0.05) is 12.1 Å². The highest BCUT2D eigenvalue weighted by atomic mass is 32.2. The molecule has 11 nitrogen and oxygen atoms in total. The predicted octanol–water partition coefficient (Wildman–Crippen LogP) is 1.95. The summed E-state index contributed by atoms with van der Waals surface area (Å²) in [4.78, 5) is 13.1. The van der Waals surface area contributed by atoms with E-state index >= 15 is 0 Å². The number of nitrogens with zero attached hydrogens (tertiary/aromatic N) is 1. The Morgan fingerprint density at radius 2 is 1.66 bits per heavy atom. The Labute approximate surface area is 205 Å². The minimum Gasteiger partial charge on any atom is -0.495 e. The molecule has 2 aromatic carbocycles. The third kappa shape index (κ3) is 6.16. The smallest absolute Gasteiger partial charge is 0.248 e. The lowest BCUT2D eigenvalue weighted by Gasteiger charge is -2.29. The molecule has 0 radical (unpaired) electrons. The third-order valence-electron chi connectivity index (χ3n) is 5.00. The molecule has 0 saturated carbocycles. The molecule has 35 heavy (non-hydrogen) atoms. The fraction of sp³-hybridized carbons (Fsp3) is 0.409. The molecular weight excluding hydrogens is 498 g/mol. The van der Waals surface area contributed by atoms with Crippen LogP contribution < -0.4 is 28.6 Å². The Balaban J connectivity index is 1.93. The number of hydrogen-bond acceptors (Lipinski definition) is 8. The van der Waals surface area contributed by atoms with Crippen molar-refractivity contribution in [3.05, 3.63) is 36.4 Å². The fourth-order valence-electron chi connectivity index (χ4n) is 3.55. The fourth-order valence-corrected chi connectivity index (χ4v) is 5.99. The lowest BCUT2D eigenvalue weighted by Crippen LogP contribution is -2.45. The Morgan fingerprint density at radius 1 is 1.00 bits per heavy atom. The Kier molecular flexibility index (Phi) is 7.82. The molecule has 1 atom stereocenters. The summed E-state index contributed by atoms with van der Waals surface area (Å²) in [5, 5.41) is 2.59. The zero-order chi connectivity index (χ0) is 26.0. The molecule has 0 unspecified atom stereocenters. The summed E-state index contributed by atoms with van der Waals surface area (Å²) in [6.45, 7) is 5.48. The van der Waals surface area contributed by atoms with Crippen LogP contribution in [-0.2, 0) is 24.8 Å². The first-order valence-corrected chi connectivity index (χ1v) is 14.1. The number of carbonyl (C=O) groups excluding carboxylic acids is 1. The SMILES string of the molecule is COc1ccc(S(=O)(=O)NC(C)C)cc1NC(=O)[C@H](C)N(c1ccc2c(c1)OCCO2)S(C)(=O)=O. The van der Waals surface area contributed by atoms with Gasteiger partial charge in [0.1, 0.15) is 25.0 Å². The maximum Gasteiger partial charge on any atom is 0.248 e. The number of ether oxygens (including phenoxy) is 3. The van der Waals surface area contributed by atoms with Crippen LogP contribution in [0.4, 0.5) is 11.4 Å². The Bertz CT molecular complexity index is 1310. The molecule has 2 aromatic rings. The molecule has 1 aliphatic heterocycles. The molecule has 0 fully saturated rings. The molecule has 0 aromatic heterocycles. The normalized spacial score (nSPS) is 14.3. The minimum absolute atomic E-state index is 0.0756. The van der Waals surface area contributed by atoms with E-state index in [1.807, 2.05) is 0 Å². The van der Waals surface area contributed by atoms with Gasteiger partial charge in [-0.3, -0.25) is 9.10 Å². The number of nitrogens with one attached hydrogen (secondary N) is 2. The van der Waals surface area contributed by atoms with E-state index in [1.54, 1.807) is 19.9 Å². The van der Waals surface area contributed by atoms with Gasteiger partial charge in [-0.2, -0.15) is 0 Å². The van der Waals surface area contributed by atoms with Crippen LogP contribution in [-0.4, -0.2) is 61.4 Å². The van der Waals surface area contributed by atoms with Crippen molar-refractivity contribution in [1.82, 2.24) is 4.72 Å². The molecule has 192 valence electrons. The van der Waals surface area contributed by atoms with Gasteiger partial charge in [-0.15, -0.1) is 0 Å². The van der Waals surface area contributed by atoms with Gasteiger partial charge in [0.2, 0.25) is 26.0 Å². The van der Waals surface area contributed by atoms with E-state index in [9.17, 15) is 21.6 Å². The molecule has 3 rings (SSSR count). The number of sulfonamides is 2. The van der Waals surface area contributed by atoms with Crippen LogP contribution in [0.5, 0.6) is 17.2 Å². The van der Waals surface area contributed by atoms with Crippen molar-refractivity contribution >= 4 is 37.3 Å². The molecule has 1 amide bonds. The van der Waals surface area contributed by atoms with E-state index in [2.05, 4.69) is 10.0 Å². The van der Waals surface area contributed by atoms with Crippen molar-refractivity contribution in [2.45, 2.75) is 37.8 Å². The second kappa shape index (κ2) is 10.3. The van der Waals surface area contributed by atoms with Crippen LogP contribution >= 0.6 is 0 Å². The van der Waals surface area contributed by atoms with Gasteiger partial charge < -0.3 is 19.5 Å². The zero-order valence-electron chi connectivity index (χ0n) is 20.1. The van der Waals surface area contributed by atoms with E-state index in [1.165, 1.54) is 44.4 Å². The van der Waals surface area contributed by atoms with E-state index in [-0.39, 0.29) is 28.1 Å². The van der Waals surface area contributed by atoms with Crippen LogP contribution in [0.1, 0.15) is 20.8 Å². The first-order valence-electron chi connectivity index (χ1n) is 10.7. The number of hydrogen-bond donors (Lipinski definition) is 2. The maximum atomic E-state index is 13.2. The summed E-state index contributed by atoms with van der Waals surface area (Å²) in [5.41, 5.74) is 0.287. The summed E-state index contributed by atoms with van der Waals surface area (Å²) < 4.78 is 70.2. The number of methoxy groups -OCH3 is 1. The second-order valence-corrected chi connectivity index (χ2v) is 11.8. The topological polar surface area (TPSA) is 140 Å². The summed E-state index contributed by atoms with van der Waals surface area (Å²) in [7, 11) is -6.38. The summed E-state index contributed by atoms with van der Waals surface area (Å²) in [6.07, 6.45) is 0.985. The molecule has 0 saturated heterocycles. The zero-order valence-corrected chi connectivity index (χ0v) is 21.7. The summed E-state index contributed by atoms with van der Waals surface area (Å²) in [5.74, 6) is 0.352. The number of rotatable bonds is 9. The predicted molar refractivity (Wildman–Crippen MR) is 131 cm³/mol. The van der Waals surface area contributed by atoms with Crippen molar-refractivity contribution in [3.63, 3.8) is 0 Å². The number of anilines is 2. The van der Waals surface area contributed by atoms with Crippen LogP contribution in [0, 0.1) is 0 Å². The molecule has 0 spiro atoms. The second-order valence-electron chi connectivity index (χ2n) is 8.19. The van der Waals surface area contributed by atoms with E-state index in [0.29, 0.717) is 24.7 Å². The minimum atomic E-state index is -3.90. The van der Waals surface area contributed by atoms with Gasteiger partial charge >= 0.3 is 0 Å². The van der Waals surface area contributed by atoms with Gasteiger partial charge in [-0.1, -0.05) is 0 Å². The van der Waals surface area contributed by atoms with E-state index < -0.39 is 32.0 Å². The number of benzene rings is 2. The monoisotopic (exact) mass is 527 g/mol. The first kappa shape index (κ1) is 26.6. The highest BCUT2D eigenvalue weighted by molar-refractivity contribution is 7.92. The average molecular weight is 528 g/mol. The number of fused-ring (bicyclic) bond motifs is 1. The third-order valence-corrected chi connectivity index (χ3v) is 7.90. The van der Waals surface area contributed by atoms with Gasteiger partial charge in [-0.25, -0.2) is 21.6 Å². The number of carbonyl (C=O) groups is 1. The van der Waals surface area contributed by atoms with Crippen LogP contribution in [0.25, 0.3) is 0 Å². The summed E-state index contributed by atoms with van der Waals surface area (Å²) >= 11 is 0. The largest absolute Gasteiger partial charge is 0.495 e. The van der Waals surface area contributed by atoms with Crippen molar-refractivity contribution in [2.24, 2.45) is 0 Å². The molecular formula is C22H29N3O8S2. The van der Waals surface area contributed by atoms with Crippen LogP contribution in [0.2, 0.25) is 0 Å². The highest BCUT2D eigenvalue weighted by Gasteiger charge is 2.31. The van der Waals surface area contributed by atoms with Crippen LogP contribution in [0.3, 0.4) is 0 Å². The van der Waals surface area contributed by atoms with Crippen molar-refractivity contribution in [1.29, 1.82) is 0 Å².